The Balaban J connectivity index is 1.19. The van der Waals surface area contributed by atoms with E-state index in [0.29, 0.717) is 17.3 Å². The maximum atomic E-state index is 12.2. The Hall–Kier alpha value is -2.48. The summed E-state index contributed by atoms with van der Waals surface area (Å²) in [6.07, 6.45) is 4.21. The van der Waals surface area contributed by atoms with Crippen molar-refractivity contribution < 1.29 is 14.6 Å². The predicted molar refractivity (Wildman–Crippen MR) is 126 cm³/mol. The summed E-state index contributed by atoms with van der Waals surface area (Å²) in [6, 6.07) is 17.4. The zero-order valence-electron chi connectivity index (χ0n) is 18.5. The molecule has 2 bridgehead atoms. The molecule has 2 N–H and O–H groups in total. The van der Waals surface area contributed by atoms with E-state index in [-0.39, 0.29) is 11.9 Å². The van der Waals surface area contributed by atoms with Crippen LogP contribution < -0.4 is 10.1 Å². The van der Waals surface area contributed by atoms with Gasteiger partial charge in [-0.25, -0.2) is 4.98 Å². The molecule has 2 fully saturated rings. The van der Waals surface area contributed by atoms with Gasteiger partial charge in [-0.3, -0.25) is 9.69 Å². The lowest BCUT2D eigenvalue weighted by Crippen LogP contribution is -2.53. The zero-order valence-corrected chi connectivity index (χ0v) is 19.3. The molecular weight excluding hydrogens is 422 g/mol. The normalized spacial score (nSPS) is 23.4. The molecule has 3 atom stereocenters. The Labute approximate surface area is 192 Å². The number of thiazole rings is 1. The van der Waals surface area contributed by atoms with E-state index in [4.69, 9.17) is 4.74 Å². The quantitative estimate of drug-likeness (QED) is 0.578. The van der Waals surface area contributed by atoms with E-state index in [0.717, 1.165) is 35.4 Å². The third-order valence-corrected chi connectivity index (χ3v) is 7.46. The third-order valence-electron chi connectivity index (χ3n) is 6.54. The van der Waals surface area contributed by atoms with Gasteiger partial charge in [0.2, 0.25) is 0 Å². The average molecular weight is 452 g/mol. The molecule has 3 heterocycles. The van der Waals surface area contributed by atoms with E-state index >= 15 is 0 Å². The second-order valence-electron chi connectivity index (χ2n) is 9.45. The van der Waals surface area contributed by atoms with Crippen LogP contribution in [0, 0.1) is 0 Å². The van der Waals surface area contributed by atoms with Crippen LogP contribution in [0.3, 0.4) is 0 Å². The van der Waals surface area contributed by atoms with Crippen molar-refractivity contribution in [3.63, 3.8) is 0 Å². The average Bonchev–Trinajstić information content (AvgIpc) is 3.25. The number of para-hydroxylation sites is 1. The van der Waals surface area contributed by atoms with Gasteiger partial charge < -0.3 is 15.2 Å². The molecule has 0 radical (unpaired) electrons. The summed E-state index contributed by atoms with van der Waals surface area (Å²) in [5, 5.41) is 13.6. The van der Waals surface area contributed by atoms with Gasteiger partial charge in [-0.05, 0) is 69.4 Å². The molecule has 0 aliphatic carbocycles. The van der Waals surface area contributed by atoms with Crippen LogP contribution in [0.2, 0.25) is 0 Å². The number of aromatic nitrogens is 1. The largest absolute Gasteiger partial charge is 0.431 e. The standard InChI is InChI=1S/C25H29N3O3S/c1-25(2,30)23(29)26-17-13-18-9-10-19(14-17)28(18)15-16-7-11-20(12-8-16)31-24-27-21-5-3-4-6-22(21)32-24/h3-8,11-12,17-19,30H,9-10,13-15H2,1-2H3,(H,26,29)/t17-,18+,19?/m1/s1. The predicted octanol–water partition coefficient (Wildman–Crippen LogP) is 4.47. The Kier molecular flexibility index (Phi) is 5.65. The second-order valence-corrected chi connectivity index (χ2v) is 10.4. The first-order valence-corrected chi connectivity index (χ1v) is 12.1. The minimum absolute atomic E-state index is 0.146. The number of carbonyl (C=O) groups is 1. The molecule has 2 saturated heterocycles. The number of rotatable bonds is 6. The first kappa shape index (κ1) is 21.4. The number of carbonyl (C=O) groups excluding carboxylic acids is 1. The topological polar surface area (TPSA) is 74.7 Å². The number of nitrogens with zero attached hydrogens (tertiary/aromatic N) is 2. The van der Waals surface area contributed by atoms with Crippen molar-refractivity contribution >= 4 is 27.5 Å². The summed E-state index contributed by atoms with van der Waals surface area (Å²) in [6.45, 7) is 3.98. The van der Waals surface area contributed by atoms with Crippen molar-refractivity contribution in [2.24, 2.45) is 0 Å². The molecule has 0 spiro atoms. The maximum absolute atomic E-state index is 12.2. The lowest BCUT2D eigenvalue weighted by atomic mass is 9.95. The van der Waals surface area contributed by atoms with Crippen LogP contribution in [0.1, 0.15) is 45.1 Å². The summed E-state index contributed by atoms with van der Waals surface area (Å²) in [5.74, 6) is 0.517. The number of piperidine rings is 1. The smallest absolute Gasteiger partial charge is 0.279 e. The molecule has 3 aromatic rings. The van der Waals surface area contributed by atoms with Gasteiger partial charge in [0, 0.05) is 24.7 Å². The number of fused-ring (bicyclic) bond motifs is 3. The molecule has 1 unspecified atom stereocenters. The molecule has 32 heavy (non-hydrogen) atoms. The van der Waals surface area contributed by atoms with Crippen molar-refractivity contribution in [2.75, 3.05) is 0 Å². The summed E-state index contributed by atoms with van der Waals surface area (Å²) in [7, 11) is 0. The number of amides is 1. The summed E-state index contributed by atoms with van der Waals surface area (Å²) in [5.41, 5.74) is 0.894. The number of hydrogen-bond acceptors (Lipinski definition) is 6. The summed E-state index contributed by atoms with van der Waals surface area (Å²) in [4.78, 5) is 19.3. The van der Waals surface area contributed by atoms with Crippen molar-refractivity contribution in [1.29, 1.82) is 0 Å². The van der Waals surface area contributed by atoms with Crippen LogP contribution in [-0.2, 0) is 11.3 Å². The van der Waals surface area contributed by atoms with Crippen LogP contribution in [-0.4, -0.2) is 44.6 Å². The van der Waals surface area contributed by atoms with Crippen molar-refractivity contribution in [3.05, 3.63) is 54.1 Å². The highest BCUT2D eigenvalue weighted by Gasteiger charge is 2.41. The number of nitrogens with one attached hydrogen (secondary N) is 1. The van der Waals surface area contributed by atoms with Gasteiger partial charge in [0.05, 0.1) is 10.2 Å². The fraction of sp³-hybridized carbons (Fsp3) is 0.440. The molecule has 168 valence electrons. The molecule has 6 nitrogen and oxygen atoms in total. The fourth-order valence-corrected chi connectivity index (χ4v) is 5.72. The minimum atomic E-state index is -1.33. The Morgan fingerprint density at radius 3 is 2.50 bits per heavy atom. The summed E-state index contributed by atoms with van der Waals surface area (Å²) >= 11 is 1.55. The van der Waals surface area contributed by atoms with Gasteiger partial charge in [0.15, 0.2) is 0 Å². The molecule has 5 rings (SSSR count). The van der Waals surface area contributed by atoms with Gasteiger partial charge in [0.25, 0.3) is 11.1 Å². The van der Waals surface area contributed by atoms with Crippen LogP contribution in [0.15, 0.2) is 48.5 Å². The van der Waals surface area contributed by atoms with Gasteiger partial charge in [-0.2, -0.15) is 0 Å². The Morgan fingerprint density at radius 1 is 1.16 bits per heavy atom. The SMILES string of the molecule is CC(C)(O)C(=O)N[C@H]1CC2CC[C@@H](C1)N2Cc1ccc(Oc2nc3ccccc3s2)cc1. The van der Waals surface area contributed by atoms with E-state index in [2.05, 4.69) is 33.4 Å². The molecule has 7 heteroatoms. The third kappa shape index (κ3) is 4.51. The zero-order chi connectivity index (χ0) is 22.3. The number of ether oxygens (including phenoxy) is 1. The Morgan fingerprint density at radius 2 is 1.84 bits per heavy atom. The van der Waals surface area contributed by atoms with Crippen molar-refractivity contribution in [1.82, 2.24) is 15.2 Å². The Bertz CT molecular complexity index is 1060. The maximum Gasteiger partial charge on any atom is 0.279 e. The van der Waals surface area contributed by atoms with Crippen LogP contribution in [0.4, 0.5) is 0 Å². The van der Waals surface area contributed by atoms with Crippen LogP contribution in [0.25, 0.3) is 10.2 Å². The molecule has 1 amide bonds. The molecule has 2 aliphatic rings. The minimum Gasteiger partial charge on any atom is -0.431 e. The lowest BCUT2D eigenvalue weighted by molar-refractivity contribution is -0.137. The molecule has 0 saturated carbocycles. The van der Waals surface area contributed by atoms with Crippen molar-refractivity contribution in [2.45, 2.75) is 69.8 Å². The monoisotopic (exact) mass is 451 g/mol. The fourth-order valence-electron chi connectivity index (χ4n) is 4.88. The van der Waals surface area contributed by atoms with Crippen LogP contribution in [0.5, 0.6) is 10.9 Å². The number of benzene rings is 2. The first-order chi connectivity index (χ1) is 15.3. The van der Waals surface area contributed by atoms with Crippen molar-refractivity contribution in [3.8, 4) is 10.9 Å². The molecule has 2 aliphatic heterocycles. The summed E-state index contributed by atoms with van der Waals surface area (Å²) < 4.78 is 7.10. The van der Waals surface area contributed by atoms with E-state index < -0.39 is 5.60 Å². The van der Waals surface area contributed by atoms with Gasteiger partial charge >= 0.3 is 0 Å². The van der Waals surface area contributed by atoms with E-state index in [9.17, 15) is 9.90 Å². The first-order valence-electron chi connectivity index (χ1n) is 11.3. The van der Waals surface area contributed by atoms with Gasteiger partial charge in [0.1, 0.15) is 11.4 Å². The lowest BCUT2D eigenvalue weighted by Gasteiger charge is -2.39. The highest BCUT2D eigenvalue weighted by atomic mass is 32.1. The van der Waals surface area contributed by atoms with Gasteiger partial charge in [-0.1, -0.05) is 35.6 Å². The molecular formula is C25H29N3O3S. The highest BCUT2D eigenvalue weighted by molar-refractivity contribution is 7.20. The van der Waals surface area contributed by atoms with E-state index in [1.165, 1.54) is 32.3 Å². The highest BCUT2D eigenvalue weighted by Crippen LogP contribution is 2.37. The molecule has 2 aromatic carbocycles. The van der Waals surface area contributed by atoms with E-state index in [1.807, 2.05) is 30.3 Å². The van der Waals surface area contributed by atoms with Crippen LogP contribution >= 0.6 is 11.3 Å². The van der Waals surface area contributed by atoms with E-state index in [1.54, 1.807) is 11.3 Å². The second kappa shape index (κ2) is 8.46. The number of aliphatic hydroxyl groups is 1. The molecule has 1 aromatic heterocycles. The number of hydrogen-bond donors (Lipinski definition) is 2. The van der Waals surface area contributed by atoms with Gasteiger partial charge in [-0.15, -0.1) is 0 Å².